The van der Waals surface area contributed by atoms with E-state index in [4.69, 9.17) is 14.6 Å². The summed E-state index contributed by atoms with van der Waals surface area (Å²) in [5.41, 5.74) is -0.0362. The Bertz CT molecular complexity index is 817. The quantitative estimate of drug-likeness (QED) is 0.826. The lowest BCUT2D eigenvalue weighted by atomic mass is 10.1. The molecule has 0 aliphatic carbocycles. The Morgan fingerprint density at radius 3 is 2.81 bits per heavy atom. The Morgan fingerprint density at radius 2 is 2.08 bits per heavy atom. The number of carbonyl (C=O) groups excluding carboxylic acids is 1. The molecule has 2 aromatic rings. The first kappa shape index (κ1) is 17.9. The van der Waals surface area contributed by atoms with Crippen molar-refractivity contribution in [3.05, 3.63) is 59.4 Å². The lowest BCUT2D eigenvalue weighted by Gasteiger charge is -2.12. The summed E-state index contributed by atoms with van der Waals surface area (Å²) in [4.78, 5) is 23.3. The van der Waals surface area contributed by atoms with Crippen molar-refractivity contribution in [3.8, 4) is 5.75 Å². The van der Waals surface area contributed by atoms with Gasteiger partial charge in [-0.1, -0.05) is 6.07 Å². The van der Waals surface area contributed by atoms with Crippen molar-refractivity contribution in [2.24, 2.45) is 0 Å². The van der Waals surface area contributed by atoms with E-state index in [0.717, 1.165) is 37.6 Å². The monoisotopic (exact) mass is 359 g/mol. The van der Waals surface area contributed by atoms with Crippen molar-refractivity contribution in [1.29, 1.82) is 0 Å². The highest BCUT2D eigenvalue weighted by Crippen LogP contribution is 2.20. The highest BCUT2D eigenvalue weighted by Gasteiger charge is 2.17. The minimum Gasteiger partial charge on any atom is -0.491 e. The Hall–Kier alpha value is -2.93. The summed E-state index contributed by atoms with van der Waals surface area (Å²) in [7, 11) is 0. The van der Waals surface area contributed by atoms with Gasteiger partial charge in [-0.15, -0.1) is 0 Å². The van der Waals surface area contributed by atoms with Gasteiger partial charge in [-0.25, -0.2) is 9.18 Å². The fourth-order valence-electron chi connectivity index (χ4n) is 2.64. The number of rotatable bonds is 6. The number of anilines is 1. The molecule has 0 radical (unpaired) electrons. The molecular weight excluding hydrogens is 341 g/mol. The fraction of sp³-hybridized carbons (Fsp3) is 0.263. The van der Waals surface area contributed by atoms with Crippen molar-refractivity contribution >= 4 is 17.6 Å². The predicted octanol–water partition coefficient (Wildman–Crippen LogP) is 3.33. The first-order valence-electron chi connectivity index (χ1n) is 8.21. The van der Waals surface area contributed by atoms with E-state index in [1.54, 1.807) is 24.3 Å². The van der Waals surface area contributed by atoms with Gasteiger partial charge in [-0.3, -0.25) is 4.79 Å². The molecule has 2 N–H and O–H groups in total. The Kier molecular flexibility index (Phi) is 5.48. The molecule has 0 spiro atoms. The van der Waals surface area contributed by atoms with Gasteiger partial charge in [-0.2, -0.15) is 0 Å². The molecule has 0 aromatic heterocycles. The van der Waals surface area contributed by atoms with Crippen LogP contribution in [0.1, 0.15) is 33.6 Å². The molecule has 1 amide bonds. The van der Waals surface area contributed by atoms with Crippen LogP contribution >= 0.6 is 0 Å². The Balaban J connectivity index is 1.68. The number of ether oxygens (including phenoxy) is 2. The van der Waals surface area contributed by atoms with Crippen molar-refractivity contribution in [1.82, 2.24) is 0 Å². The van der Waals surface area contributed by atoms with Gasteiger partial charge < -0.3 is 19.9 Å². The average molecular weight is 359 g/mol. The maximum absolute atomic E-state index is 13.8. The third-order valence-corrected chi connectivity index (χ3v) is 4.02. The van der Waals surface area contributed by atoms with E-state index < -0.39 is 17.7 Å². The molecule has 1 heterocycles. The number of halogens is 1. The lowest BCUT2D eigenvalue weighted by molar-refractivity contribution is 0.0679. The minimum atomic E-state index is -1.20. The number of amides is 1. The molecule has 1 atom stereocenters. The van der Waals surface area contributed by atoms with Crippen molar-refractivity contribution < 1.29 is 28.6 Å². The van der Waals surface area contributed by atoms with Gasteiger partial charge in [0.15, 0.2) is 0 Å². The van der Waals surface area contributed by atoms with Gasteiger partial charge in [0.25, 0.3) is 5.91 Å². The zero-order valence-electron chi connectivity index (χ0n) is 13.9. The molecular formula is C19H18FNO5. The van der Waals surface area contributed by atoms with Crippen LogP contribution in [0.15, 0.2) is 42.5 Å². The smallest absolute Gasteiger partial charge is 0.335 e. The summed E-state index contributed by atoms with van der Waals surface area (Å²) in [5, 5.41) is 11.4. The molecule has 1 unspecified atom stereocenters. The number of hydrogen-bond acceptors (Lipinski definition) is 4. The van der Waals surface area contributed by atoms with Gasteiger partial charge >= 0.3 is 5.97 Å². The van der Waals surface area contributed by atoms with E-state index in [1.165, 1.54) is 0 Å². The molecule has 2 aromatic carbocycles. The van der Waals surface area contributed by atoms with Crippen molar-refractivity contribution in [3.63, 3.8) is 0 Å². The molecule has 3 rings (SSSR count). The second-order valence-corrected chi connectivity index (χ2v) is 5.93. The van der Waals surface area contributed by atoms with Crippen LogP contribution in [-0.2, 0) is 4.74 Å². The number of benzene rings is 2. The molecule has 1 aliphatic rings. The van der Waals surface area contributed by atoms with Gasteiger partial charge in [0, 0.05) is 12.2 Å². The number of carboxylic acid groups (broad SMARTS) is 1. The summed E-state index contributed by atoms with van der Waals surface area (Å²) >= 11 is 0. The predicted molar refractivity (Wildman–Crippen MR) is 92.2 cm³/mol. The second-order valence-electron chi connectivity index (χ2n) is 5.93. The first-order chi connectivity index (χ1) is 12.5. The number of nitrogens with one attached hydrogen (secondary N) is 1. The first-order valence-corrected chi connectivity index (χ1v) is 8.21. The van der Waals surface area contributed by atoms with E-state index in [2.05, 4.69) is 5.32 Å². The van der Waals surface area contributed by atoms with Crippen LogP contribution in [0.3, 0.4) is 0 Å². The maximum atomic E-state index is 13.8. The van der Waals surface area contributed by atoms with Gasteiger partial charge in [0.05, 0.1) is 17.4 Å². The van der Waals surface area contributed by atoms with Gasteiger partial charge in [0.1, 0.15) is 18.2 Å². The SMILES string of the molecule is O=C(O)c1ccc(F)c(NC(=O)c2cccc(OCC3CCCO3)c2)c1. The number of carboxylic acids is 1. The molecule has 1 saturated heterocycles. The van der Waals surface area contributed by atoms with E-state index in [-0.39, 0.29) is 22.9 Å². The molecule has 1 fully saturated rings. The topological polar surface area (TPSA) is 84.9 Å². The summed E-state index contributed by atoms with van der Waals surface area (Å²) in [6, 6.07) is 9.69. The van der Waals surface area contributed by atoms with Gasteiger partial charge in [-0.05, 0) is 49.2 Å². The van der Waals surface area contributed by atoms with E-state index >= 15 is 0 Å². The summed E-state index contributed by atoms with van der Waals surface area (Å²) in [5.74, 6) is -1.97. The largest absolute Gasteiger partial charge is 0.491 e. The van der Waals surface area contributed by atoms with E-state index in [1.807, 2.05) is 0 Å². The van der Waals surface area contributed by atoms with Crippen LogP contribution in [0.25, 0.3) is 0 Å². The highest BCUT2D eigenvalue weighted by molar-refractivity contribution is 6.05. The molecule has 0 saturated carbocycles. The molecule has 6 nitrogen and oxygen atoms in total. The zero-order chi connectivity index (χ0) is 18.5. The summed E-state index contributed by atoms with van der Waals surface area (Å²) in [6.07, 6.45) is 2.01. The minimum absolute atomic E-state index is 0.0559. The van der Waals surface area contributed by atoms with Crippen LogP contribution in [0.2, 0.25) is 0 Å². The van der Waals surface area contributed by atoms with E-state index in [0.29, 0.717) is 12.4 Å². The third-order valence-electron chi connectivity index (χ3n) is 4.02. The van der Waals surface area contributed by atoms with Crippen molar-refractivity contribution in [2.75, 3.05) is 18.5 Å². The fourth-order valence-corrected chi connectivity index (χ4v) is 2.64. The van der Waals surface area contributed by atoms with Crippen molar-refractivity contribution in [2.45, 2.75) is 18.9 Å². The van der Waals surface area contributed by atoms with Crippen LogP contribution in [-0.4, -0.2) is 36.3 Å². The molecule has 1 aliphatic heterocycles. The summed E-state index contributed by atoms with van der Waals surface area (Å²) in [6.45, 7) is 1.14. The van der Waals surface area contributed by atoms with Gasteiger partial charge in [0.2, 0.25) is 0 Å². The average Bonchev–Trinajstić information content (AvgIpc) is 3.15. The number of hydrogen-bond donors (Lipinski definition) is 2. The maximum Gasteiger partial charge on any atom is 0.335 e. The van der Waals surface area contributed by atoms with E-state index in [9.17, 15) is 14.0 Å². The van der Waals surface area contributed by atoms with Crippen LogP contribution in [0.5, 0.6) is 5.75 Å². The van der Waals surface area contributed by atoms with Crippen LogP contribution in [0, 0.1) is 5.82 Å². The van der Waals surface area contributed by atoms with Crippen LogP contribution < -0.4 is 10.1 Å². The molecule has 0 bridgehead atoms. The molecule has 7 heteroatoms. The summed E-state index contributed by atoms with van der Waals surface area (Å²) < 4.78 is 25.0. The Morgan fingerprint density at radius 1 is 1.23 bits per heavy atom. The van der Waals surface area contributed by atoms with Crippen LogP contribution in [0.4, 0.5) is 10.1 Å². The zero-order valence-corrected chi connectivity index (χ0v) is 13.9. The molecule has 26 heavy (non-hydrogen) atoms. The standard InChI is InChI=1S/C19H18FNO5/c20-16-7-6-13(19(23)24)10-17(16)21-18(22)12-3-1-4-14(9-12)26-11-15-5-2-8-25-15/h1,3-4,6-7,9-10,15H,2,5,8,11H2,(H,21,22)(H,23,24). The number of aromatic carboxylic acids is 1. The normalized spacial score (nSPS) is 16.3. The lowest BCUT2D eigenvalue weighted by Crippen LogP contribution is -2.17. The number of carbonyl (C=O) groups is 2. The molecule has 136 valence electrons. The highest BCUT2D eigenvalue weighted by atomic mass is 19.1. The second kappa shape index (κ2) is 7.97. The third kappa shape index (κ3) is 4.37. The Labute approximate surface area is 149 Å².